The lowest BCUT2D eigenvalue weighted by molar-refractivity contribution is -0.153. The molecule has 1 saturated heterocycles. The Morgan fingerprint density at radius 1 is 1.53 bits per heavy atom. The molecule has 0 radical (unpaired) electrons. The van der Waals surface area contributed by atoms with Gasteiger partial charge in [0, 0.05) is 11.8 Å². The third-order valence-corrected chi connectivity index (χ3v) is 3.09. The maximum atomic E-state index is 12.2. The third-order valence-electron chi connectivity index (χ3n) is 3.09. The number of carbonyl (C=O) groups is 2. The van der Waals surface area contributed by atoms with E-state index in [0.717, 1.165) is 0 Å². The molecule has 2 heterocycles. The number of pyridine rings is 1. The van der Waals surface area contributed by atoms with Crippen LogP contribution in [0.2, 0.25) is 0 Å². The molecule has 6 nitrogen and oxygen atoms in total. The maximum Gasteiger partial charge on any atom is 0.249 e. The van der Waals surface area contributed by atoms with Crippen LogP contribution in [-0.4, -0.2) is 33.8 Å². The highest BCUT2D eigenvalue weighted by Gasteiger charge is 2.39. The molecule has 0 atom stereocenters. The highest BCUT2D eigenvalue weighted by molar-refractivity contribution is 6.02. The topological polar surface area (TPSA) is 86.1 Å². The van der Waals surface area contributed by atoms with Crippen LogP contribution in [0, 0.1) is 11.3 Å². The smallest absolute Gasteiger partial charge is 0.249 e. The Bertz CT molecular complexity index is 574. The van der Waals surface area contributed by atoms with Crippen molar-refractivity contribution in [2.75, 3.05) is 6.54 Å². The Labute approximate surface area is 111 Å². The van der Waals surface area contributed by atoms with Crippen LogP contribution in [0.1, 0.15) is 25.1 Å². The summed E-state index contributed by atoms with van der Waals surface area (Å²) in [7, 11) is 0. The number of nitrogens with zero attached hydrogens (tertiary/aromatic N) is 3. The minimum absolute atomic E-state index is 0.0828. The Morgan fingerprint density at radius 3 is 2.95 bits per heavy atom. The largest absolute Gasteiger partial charge is 0.295 e. The fraction of sp³-hybridized carbons (Fsp3) is 0.385. The Hall–Kier alpha value is -2.26. The highest BCUT2D eigenvalue weighted by Crippen LogP contribution is 2.17. The molecule has 0 spiro atoms. The van der Waals surface area contributed by atoms with E-state index in [1.165, 1.54) is 11.1 Å². The zero-order chi connectivity index (χ0) is 14.0. The van der Waals surface area contributed by atoms with E-state index in [1.54, 1.807) is 26.0 Å². The molecule has 0 aliphatic carbocycles. The average molecular weight is 258 g/mol. The number of hydrogen-bond acceptors (Lipinski definition) is 5. The Morgan fingerprint density at radius 2 is 2.26 bits per heavy atom. The molecule has 98 valence electrons. The van der Waals surface area contributed by atoms with Crippen LogP contribution in [0.4, 0.5) is 0 Å². The standard InChI is InChI=1S/C13H14N4O2/c1-13(2)12(19)17(11(18)7-16-13)8-9-4-3-5-15-10(9)6-14/h3-5,16H,7-8H2,1-2H3. The van der Waals surface area contributed by atoms with E-state index in [9.17, 15) is 9.59 Å². The van der Waals surface area contributed by atoms with Gasteiger partial charge in [-0.25, -0.2) is 4.98 Å². The molecular weight excluding hydrogens is 244 g/mol. The van der Waals surface area contributed by atoms with Crippen molar-refractivity contribution >= 4 is 11.8 Å². The molecule has 1 aliphatic rings. The van der Waals surface area contributed by atoms with Gasteiger partial charge in [0.1, 0.15) is 11.8 Å². The van der Waals surface area contributed by atoms with Crippen molar-refractivity contribution < 1.29 is 9.59 Å². The van der Waals surface area contributed by atoms with Gasteiger partial charge in [-0.05, 0) is 19.9 Å². The predicted molar refractivity (Wildman–Crippen MR) is 66.6 cm³/mol. The summed E-state index contributed by atoms with van der Waals surface area (Å²) in [6.07, 6.45) is 1.51. The Balaban J connectivity index is 2.29. The first-order valence-electron chi connectivity index (χ1n) is 5.89. The second kappa shape index (κ2) is 4.78. The summed E-state index contributed by atoms with van der Waals surface area (Å²) in [6, 6.07) is 5.33. The monoisotopic (exact) mass is 258 g/mol. The highest BCUT2D eigenvalue weighted by atomic mass is 16.2. The Kier molecular flexibility index (Phi) is 3.32. The summed E-state index contributed by atoms with van der Waals surface area (Å²) in [6.45, 7) is 3.65. The first-order valence-corrected chi connectivity index (χ1v) is 5.89. The first-order chi connectivity index (χ1) is 8.95. The van der Waals surface area contributed by atoms with Gasteiger partial charge in [0.2, 0.25) is 11.8 Å². The second-order valence-electron chi connectivity index (χ2n) is 4.89. The van der Waals surface area contributed by atoms with Crippen LogP contribution in [0.15, 0.2) is 18.3 Å². The number of aromatic nitrogens is 1. The summed E-state index contributed by atoms with van der Waals surface area (Å²) >= 11 is 0. The molecule has 0 saturated carbocycles. The van der Waals surface area contributed by atoms with Crippen LogP contribution in [0.25, 0.3) is 0 Å². The molecular formula is C13H14N4O2. The van der Waals surface area contributed by atoms with Crippen molar-refractivity contribution in [3.05, 3.63) is 29.6 Å². The van der Waals surface area contributed by atoms with Gasteiger partial charge >= 0.3 is 0 Å². The summed E-state index contributed by atoms with van der Waals surface area (Å²) in [4.78, 5) is 29.1. The summed E-state index contributed by atoms with van der Waals surface area (Å²) < 4.78 is 0. The van der Waals surface area contributed by atoms with Crippen molar-refractivity contribution in [2.24, 2.45) is 0 Å². The number of nitriles is 1. The molecule has 1 fully saturated rings. The molecule has 19 heavy (non-hydrogen) atoms. The van der Waals surface area contributed by atoms with Crippen molar-refractivity contribution in [3.63, 3.8) is 0 Å². The number of hydrogen-bond donors (Lipinski definition) is 1. The van der Waals surface area contributed by atoms with Crippen molar-refractivity contribution in [1.82, 2.24) is 15.2 Å². The van der Waals surface area contributed by atoms with E-state index >= 15 is 0 Å². The minimum Gasteiger partial charge on any atom is -0.295 e. The van der Waals surface area contributed by atoms with E-state index in [0.29, 0.717) is 5.56 Å². The number of carbonyl (C=O) groups excluding carboxylic acids is 2. The zero-order valence-corrected chi connectivity index (χ0v) is 10.8. The van der Waals surface area contributed by atoms with E-state index in [2.05, 4.69) is 10.3 Å². The van der Waals surface area contributed by atoms with Crippen LogP contribution in [0.3, 0.4) is 0 Å². The van der Waals surface area contributed by atoms with E-state index in [-0.39, 0.29) is 30.6 Å². The van der Waals surface area contributed by atoms with Crippen molar-refractivity contribution in [3.8, 4) is 6.07 Å². The van der Waals surface area contributed by atoms with Gasteiger partial charge in [-0.1, -0.05) is 6.07 Å². The molecule has 1 N–H and O–H groups in total. The van der Waals surface area contributed by atoms with Crippen LogP contribution < -0.4 is 5.32 Å². The zero-order valence-electron chi connectivity index (χ0n) is 10.8. The van der Waals surface area contributed by atoms with Gasteiger partial charge in [0.25, 0.3) is 0 Å². The SMILES string of the molecule is CC1(C)NCC(=O)N(Cc2cccnc2C#N)C1=O. The third kappa shape index (κ3) is 2.46. The number of rotatable bonds is 2. The van der Waals surface area contributed by atoms with E-state index < -0.39 is 5.54 Å². The number of amides is 2. The number of imide groups is 1. The molecule has 0 unspecified atom stereocenters. The molecule has 1 aromatic rings. The fourth-order valence-corrected chi connectivity index (χ4v) is 1.92. The quantitative estimate of drug-likeness (QED) is 0.765. The molecule has 6 heteroatoms. The molecule has 0 bridgehead atoms. The lowest BCUT2D eigenvalue weighted by atomic mass is 10.00. The van der Waals surface area contributed by atoms with Gasteiger partial charge in [-0.2, -0.15) is 5.26 Å². The first kappa shape index (κ1) is 13.2. The second-order valence-corrected chi connectivity index (χ2v) is 4.89. The van der Waals surface area contributed by atoms with Crippen LogP contribution >= 0.6 is 0 Å². The van der Waals surface area contributed by atoms with Crippen LogP contribution in [0.5, 0.6) is 0 Å². The predicted octanol–water partition coefficient (Wildman–Crippen LogP) is 0.190. The normalized spacial score (nSPS) is 18.3. The van der Waals surface area contributed by atoms with Gasteiger partial charge in [0.15, 0.2) is 0 Å². The van der Waals surface area contributed by atoms with Gasteiger partial charge in [-0.3, -0.25) is 19.8 Å². The van der Waals surface area contributed by atoms with Crippen LogP contribution in [-0.2, 0) is 16.1 Å². The molecule has 2 amide bonds. The molecule has 1 aliphatic heterocycles. The lowest BCUT2D eigenvalue weighted by Crippen LogP contribution is -2.63. The van der Waals surface area contributed by atoms with Gasteiger partial charge in [0.05, 0.1) is 18.6 Å². The molecule has 2 rings (SSSR count). The lowest BCUT2D eigenvalue weighted by Gasteiger charge is -2.36. The summed E-state index contributed by atoms with van der Waals surface area (Å²) in [5.74, 6) is -0.589. The van der Waals surface area contributed by atoms with Crippen molar-refractivity contribution in [1.29, 1.82) is 5.26 Å². The van der Waals surface area contributed by atoms with E-state index in [4.69, 9.17) is 5.26 Å². The number of piperazine rings is 1. The molecule has 1 aromatic heterocycles. The summed E-state index contributed by atoms with van der Waals surface area (Å²) in [5, 5.41) is 11.9. The number of nitrogens with one attached hydrogen (secondary N) is 1. The maximum absolute atomic E-state index is 12.2. The summed E-state index contributed by atoms with van der Waals surface area (Å²) in [5.41, 5.74) is 0.0342. The van der Waals surface area contributed by atoms with Gasteiger partial charge < -0.3 is 0 Å². The van der Waals surface area contributed by atoms with Crippen molar-refractivity contribution in [2.45, 2.75) is 25.9 Å². The van der Waals surface area contributed by atoms with E-state index in [1.807, 2.05) is 6.07 Å². The van der Waals surface area contributed by atoms with Gasteiger partial charge in [-0.15, -0.1) is 0 Å². The average Bonchev–Trinajstić information content (AvgIpc) is 2.40. The molecule has 0 aromatic carbocycles. The minimum atomic E-state index is -0.775. The fourth-order valence-electron chi connectivity index (χ4n) is 1.92.